The monoisotopic (exact) mass is 705 g/mol. The number of carbonyl (C=O) groups is 3. The largest absolute Gasteiger partial charge is 0.497 e. The number of hydrogen-bond acceptors (Lipinski definition) is 9. The number of hydrogen-bond donors (Lipinski definition) is 1. The molecule has 0 spiro atoms. The number of sulfonamides is 1. The van der Waals surface area contributed by atoms with Crippen molar-refractivity contribution in [2.75, 3.05) is 13.7 Å². The summed E-state index contributed by atoms with van der Waals surface area (Å²) in [4.78, 5) is 48.9. The molecule has 260 valence electrons. The van der Waals surface area contributed by atoms with Crippen LogP contribution in [0.2, 0.25) is 0 Å². The van der Waals surface area contributed by atoms with Crippen LogP contribution in [0.4, 0.5) is 0 Å². The Morgan fingerprint density at radius 3 is 2.67 bits per heavy atom. The Hall–Kier alpha value is -3.77. The van der Waals surface area contributed by atoms with Gasteiger partial charge >= 0.3 is 0 Å². The normalized spacial score (nSPS) is 28.6. The number of nitrogens with zero attached hydrogens (tertiary/aromatic N) is 2. The summed E-state index contributed by atoms with van der Waals surface area (Å²) in [5.41, 5.74) is 0.680. The molecule has 1 N–H and O–H groups in total. The van der Waals surface area contributed by atoms with E-state index in [1.165, 1.54) is 11.3 Å². The van der Waals surface area contributed by atoms with Gasteiger partial charge in [0, 0.05) is 18.8 Å². The van der Waals surface area contributed by atoms with Gasteiger partial charge in [0.05, 0.1) is 40.6 Å². The number of ether oxygens (including phenoxy) is 2. The zero-order valence-electron chi connectivity index (χ0n) is 27.7. The first kappa shape index (κ1) is 33.7. The number of thiazole rings is 1. The van der Waals surface area contributed by atoms with Gasteiger partial charge in [0.15, 0.2) is 5.78 Å². The second-order valence-electron chi connectivity index (χ2n) is 14.0. The lowest BCUT2D eigenvalue weighted by atomic mass is 9.90. The molecule has 0 unspecified atom stereocenters. The minimum absolute atomic E-state index is 0.0857. The fraction of sp³-hybridized carbons (Fsp3) is 0.514. The van der Waals surface area contributed by atoms with Crippen molar-refractivity contribution in [2.45, 2.75) is 88.0 Å². The molecule has 3 aromatic rings. The van der Waals surface area contributed by atoms with Gasteiger partial charge in [-0.3, -0.25) is 19.1 Å². The summed E-state index contributed by atoms with van der Waals surface area (Å²) in [6.07, 6.45) is 10.0. The molecule has 0 radical (unpaired) electrons. The third-order valence-corrected chi connectivity index (χ3v) is 13.2. The number of methoxy groups -OCH3 is 1. The van der Waals surface area contributed by atoms with Gasteiger partial charge in [0.1, 0.15) is 11.9 Å². The Kier molecular flexibility index (Phi) is 9.54. The summed E-state index contributed by atoms with van der Waals surface area (Å²) < 4.78 is 40.6. The first-order valence-corrected chi connectivity index (χ1v) is 19.7. The van der Waals surface area contributed by atoms with Gasteiger partial charge in [-0.2, -0.15) is 0 Å². The van der Waals surface area contributed by atoms with Gasteiger partial charge in [-0.15, -0.1) is 0 Å². The molecule has 2 aliphatic carbocycles. The molecular weight excluding hydrogens is 663 g/mol. The number of allylic oxidation sites excluding steroid dienone is 2. The van der Waals surface area contributed by atoms with E-state index < -0.39 is 38.7 Å². The Balaban J connectivity index is 1.18. The Morgan fingerprint density at radius 1 is 1.08 bits per heavy atom. The average molecular weight is 706 g/mol. The Bertz CT molecular complexity index is 1860. The lowest BCUT2D eigenvalue weighted by Gasteiger charge is -2.29. The van der Waals surface area contributed by atoms with Gasteiger partial charge in [0.25, 0.3) is 5.19 Å². The SMILES string of the molecule is COc1ccc2nc(O[C@@H]3C[C@H]4C(=O)C[C@]5(C(=O)NS(=O)(=O)C6CC6)C[C@@H]5/C=C\CCCCC[C@H](Cc5ccccc5)C(=O)N4C3)sc2c1. The molecule has 1 aromatic heterocycles. The van der Waals surface area contributed by atoms with Crippen LogP contribution in [0.15, 0.2) is 60.7 Å². The topological polar surface area (TPSA) is 132 Å². The molecular formula is C37H43N3O7S2. The fourth-order valence-corrected chi connectivity index (χ4v) is 9.72. The number of ketones is 1. The number of rotatable bonds is 8. The standard InChI is InChI=1S/C37H43N3O7S2/c1-46-27-14-17-30-33(20-27)48-36(38-30)47-28-19-31-32(41)22-37(35(43)39-49(44,45)29-15-16-29)21-26(37)13-9-4-2-3-8-12-25(34(42)40(31)23-28)18-24-10-6-5-7-11-24/h5-7,9-11,13-14,17,20,25-26,28-29,31H,2-4,8,12,15-16,18-19,21-23H2,1H3,(H,39,43)/b13-9-/t25-,26+,28-,31+,37-/m1/s1. The number of fused-ring (bicyclic) bond motifs is 3. The lowest BCUT2D eigenvalue weighted by Crippen LogP contribution is -2.46. The Labute approximate surface area is 291 Å². The first-order valence-electron chi connectivity index (χ1n) is 17.4. The molecule has 4 aliphatic rings. The highest BCUT2D eigenvalue weighted by atomic mass is 32.2. The molecule has 3 fully saturated rings. The maximum absolute atomic E-state index is 14.5. The van der Waals surface area contributed by atoms with Crippen molar-refractivity contribution in [3.05, 3.63) is 66.2 Å². The highest BCUT2D eigenvalue weighted by molar-refractivity contribution is 7.90. The van der Waals surface area contributed by atoms with E-state index in [0.29, 0.717) is 43.0 Å². The Morgan fingerprint density at radius 2 is 1.90 bits per heavy atom. The van der Waals surface area contributed by atoms with Crippen molar-refractivity contribution in [1.29, 1.82) is 0 Å². The number of carbonyl (C=O) groups excluding carboxylic acids is 3. The summed E-state index contributed by atoms with van der Waals surface area (Å²) >= 11 is 1.38. The van der Waals surface area contributed by atoms with E-state index in [0.717, 1.165) is 41.5 Å². The first-order chi connectivity index (χ1) is 23.6. The minimum Gasteiger partial charge on any atom is -0.497 e. The third kappa shape index (κ3) is 7.40. The van der Waals surface area contributed by atoms with E-state index in [2.05, 4.69) is 15.8 Å². The van der Waals surface area contributed by atoms with Gasteiger partial charge in [-0.25, -0.2) is 13.4 Å². The number of aromatic nitrogens is 1. The predicted octanol–water partition coefficient (Wildman–Crippen LogP) is 5.61. The van der Waals surface area contributed by atoms with Crippen molar-refractivity contribution in [1.82, 2.24) is 14.6 Å². The minimum atomic E-state index is -3.79. The maximum atomic E-state index is 14.5. The van der Waals surface area contributed by atoms with E-state index in [1.54, 1.807) is 12.0 Å². The van der Waals surface area contributed by atoms with Crippen LogP contribution in [-0.2, 0) is 30.8 Å². The van der Waals surface area contributed by atoms with Crippen LogP contribution in [0.1, 0.15) is 69.8 Å². The second-order valence-corrected chi connectivity index (χ2v) is 17.0. The van der Waals surface area contributed by atoms with E-state index in [1.807, 2.05) is 54.6 Å². The van der Waals surface area contributed by atoms with Crippen LogP contribution >= 0.6 is 11.3 Å². The van der Waals surface area contributed by atoms with Crippen molar-refractivity contribution < 1.29 is 32.3 Å². The molecule has 10 nitrogen and oxygen atoms in total. The molecule has 3 heterocycles. The van der Waals surface area contributed by atoms with Crippen LogP contribution < -0.4 is 14.2 Å². The quantitative estimate of drug-likeness (QED) is 0.300. The van der Waals surface area contributed by atoms with Gasteiger partial charge in [0.2, 0.25) is 21.8 Å². The number of benzene rings is 2. The molecule has 2 amide bonds. The van der Waals surface area contributed by atoms with Crippen molar-refractivity contribution in [3.8, 4) is 10.9 Å². The smallest absolute Gasteiger partial charge is 0.274 e. The summed E-state index contributed by atoms with van der Waals surface area (Å²) in [6, 6.07) is 14.8. The summed E-state index contributed by atoms with van der Waals surface area (Å²) in [7, 11) is -2.18. The number of Topliss-reactive ketones (excluding diaryl/α,β-unsaturated/α-hetero) is 1. The molecule has 2 aliphatic heterocycles. The van der Waals surface area contributed by atoms with Gasteiger partial charge in [-0.1, -0.05) is 66.7 Å². The van der Waals surface area contributed by atoms with E-state index >= 15 is 0 Å². The highest BCUT2D eigenvalue weighted by Gasteiger charge is 2.61. The van der Waals surface area contributed by atoms with Gasteiger partial charge < -0.3 is 14.4 Å². The molecule has 5 atom stereocenters. The molecule has 49 heavy (non-hydrogen) atoms. The number of amides is 2. The average Bonchev–Trinajstić information content (AvgIpc) is 3.98. The van der Waals surface area contributed by atoms with E-state index in [4.69, 9.17) is 9.47 Å². The molecule has 2 saturated carbocycles. The highest BCUT2D eigenvalue weighted by Crippen LogP contribution is 2.57. The van der Waals surface area contributed by atoms with Crippen molar-refractivity contribution >= 4 is 49.2 Å². The lowest BCUT2D eigenvalue weighted by molar-refractivity contribution is -0.142. The van der Waals surface area contributed by atoms with Crippen LogP contribution in [0, 0.1) is 17.3 Å². The van der Waals surface area contributed by atoms with Crippen molar-refractivity contribution in [2.24, 2.45) is 17.3 Å². The van der Waals surface area contributed by atoms with Crippen molar-refractivity contribution in [3.63, 3.8) is 0 Å². The second kappa shape index (κ2) is 13.9. The molecule has 1 saturated heterocycles. The van der Waals surface area contributed by atoms with Crippen LogP contribution in [0.3, 0.4) is 0 Å². The van der Waals surface area contributed by atoms with Crippen LogP contribution in [0.25, 0.3) is 10.2 Å². The fourth-order valence-electron chi connectivity index (χ4n) is 7.42. The molecule has 7 rings (SSSR count). The summed E-state index contributed by atoms with van der Waals surface area (Å²) in [5.74, 6) is -0.775. The maximum Gasteiger partial charge on any atom is 0.274 e. The van der Waals surface area contributed by atoms with Crippen LogP contribution in [0.5, 0.6) is 10.9 Å². The van der Waals surface area contributed by atoms with E-state index in [-0.39, 0.29) is 42.9 Å². The number of nitrogens with one attached hydrogen (secondary N) is 1. The zero-order chi connectivity index (χ0) is 34.2. The van der Waals surface area contributed by atoms with Gasteiger partial charge in [-0.05, 0) is 74.6 Å². The van der Waals surface area contributed by atoms with Crippen LogP contribution in [-0.4, -0.2) is 66.9 Å². The molecule has 0 bridgehead atoms. The zero-order valence-corrected chi connectivity index (χ0v) is 29.3. The molecule has 12 heteroatoms. The summed E-state index contributed by atoms with van der Waals surface area (Å²) in [6.45, 7) is 0.221. The predicted molar refractivity (Wildman–Crippen MR) is 187 cm³/mol. The summed E-state index contributed by atoms with van der Waals surface area (Å²) in [5, 5.41) is -0.102. The van der Waals surface area contributed by atoms with E-state index in [9.17, 15) is 22.8 Å². The third-order valence-electron chi connectivity index (χ3n) is 10.5. The molecule has 2 aromatic carbocycles.